The number of aryl methyl sites for hydroxylation is 3. The van der Waals surface area contributed by atoms with Crippen LogP contribution in [0, 0.1) is 20.8 Å². The van der Waals surface area contributed by atoms with Gasteiger partial charge in [-0.05, 0) is 61.6 Å². The van der Waals surface area contributed by atoms with Crippen LogP contribution < -0.4 is 10.1 Å². The van der Waals surface area contributed by atoms with E-state index in [4.69, 9.17) is 4.74 Å². The molecule has 0 saturated heterocycles. The summed E-state index contributed by atoms with van der Waals surface area (Å²) in [5.41, 5.74) is 4.26. The number of benzene rings is 2. The second-order valence-corrected chi connectivity index (χ2v) is 7.10. The molecule has 5 heteroatoms. The predicted molar refractivity (Wildman–Crippen MR) is 111 cm³/mol. The second-order valence-electron chi connectivity index (χ2n) is 7.10. The lowest BCUT2D eigenvalue weighted by molar-refractivity contribution is -0.142. The van der Waals surface area contributed by atoms with Gasteiger partial charge in [0.05, 0.1) is 0 Å². The van der Waals surface area contributed by atoms with Crippen LogP contribution in [0.3, 0.4) is 0 Å². The molecule has 0 aliphatic heterocycles. The van der Waals surface area contributed by atoms with E-state index in [-0.39, 0.29) is 18.4 Å². The molecular formula is C23H30N2O3. The lowest BCUT2D eigenvalue weighted by Crippen LogP contribution is -2.49. The van der Waals surface area contributed by atoms with Crippen molar-refractivity contribution in [3.8, 4) is 5.75 Å². The van der Waals surface area contributed by atoms with E-state index in [2.05, 4.69) is 11.4 Å². The predicted octanol–water partition coefficient (Wildman–Crippen LogP) is 3.54. The van der Waals surface area contributed by atoms with Crippen LogP contribution in [0.4, 0.5) is 0 Å². The maximum absolute atomic E-state index is 13.0. The summed E-state index contributed by atoms with van der Waals surface area (Å²) in [5.74, 6) is 0.281. The highest BCUT2D eigenvalue weighted by Gasteiger charge is 2.28. The Morgan fingerprint density at radius 1 is 1.07 bits per heavy atom. The summed E-state index contributed by atoms with van der Waals surface area (Å²) >= 11 is 0. The molecule has 0 bridgehead atoms. The van der Waals surface area contributed by atoms with Crippen LogP contribution in [0.25, 0.3) is 0 Å². The number of hydrogen-bond donors (Lipinski definition) is 1. The molecule has 1 N–H and O–H groups in total. The third-order valence-electron chi connectivity index (χ3n) is 4.79. The van der Waals surface area contributed by atoms with Crippen molar-refractivity contribution in [2.75, 3.05) is 13.7 Å². The highest BCUT2D eigenvalue weighted by molar-refractivity contribution is 5.88. The molecule has 0 aliphatic rings. The number of likely N-dealkylation sites (N-methyl/N-ethyl adjacent to an activating group) is 1. The van der Waals surface area contributed by atoms with Crippen molar-refractivity contribution in [2.45, 2.75) is 46.7 Å². The summed E-state index contributed by atoms with van der Waals surface area (Å²) in [5, 5.41) is 2.67. The van der Waals surface area contributed by atoms with Crippen LogP contribution in [0.1, 0.15) is 35.6 Å². The monoisotopic (exact) mass is 382 g/mol. The van der Waals surface area contributed by atoms with Gasteiger partial charge in [-0.15, -0.1) is 0 Å². The molecule has 0 saturated carbocycles. The van der Waals surface area contributed by atoms with E-state index < -0.39 is 6.04 Å². The number of rotatable bonds is 8. The van der Waals surface area contributed by atoms with Crippen LogP contribution >= 0.6 is 0 Å². The first-order valence-corrected chi connectivity index (χ1v) is 9.62. The van der Waals surface area contributed by atoms with Crippen LogP contribution in [-0.4, -0.2) is 36.4 Å². The van der Waals surface area contributed by atoms with Crippen LogP contribution in [0.5, 0.6) is 5.75 Å². The Bertz CT molecular complexity index is 812. The number of nitrogens with one attached hydrogen (secondary N) is 1. The van der Waals surface area contributed by atoms with Gasteiger partial charge < -0.3 is 15.0 Å². The summed E-state index contributed by atoms with van der Waals surface area (Å²) in [6, 6.07) is 13.2. The van der Waals surface area contributed by atoms with Crippen LogP contribution in [0.15, 0.2) is 42.5 Å². The lowest BCUT2D eigenvalue weighted by atomic mass is 10.1. The number of amides is 2. The Morgan fingerprint density at radius 2 is 1.71 bits per heavy atom. The Morgan fingerprint density at radius 3 is 2.29 bits per heavy atom. The fourth-order valence-corrected chi connectivity index (χ4v) is 3.30. The highest BCUT2D eigenvalue weighted by Crippen LogP contribution is 2.18. The van der Waals surface area contributed by atoms with Gasteiger partial charge in [-0.25, -0.2) is 0 Å². The molecule has 0 aromatic heterocycles. The Kier molecular flexibility index (Phi) is 7.61. The Balaban J connectivity index is 2.22. The number of ether oxygens (including phenoxy) is 1. The molecule has 2 rings (SSSR count). The Labute approximate surface area is 167 Å². The van der Waals surface area contributed by atoms with Crippen LogP contribution in [0.2, 0.25) is 0 Å². The van der Waals surface area contributed by atoms with E-state index in [1.165, 1.54) is 0 Å². The largest absolute Gasteiger partial charge is 0.484 e. The first-order chi connectivity index (χ1) is 13.3. The summed E-state index contributed by atoms with van der Waals surface area (Å²) < 4.78 is 5.76. The van der Waals surface area contributed by atoms with Crippen molar-refractivity contribution in [1.29, 1.82) is 0 Å². The first kappa shape index (κ1) is 21.5. The van der Waals surface area contributed by atoms with Crippen LogP contribution in [-0.2, 0) is 16.1 Å². The molecule has 28 heavy (non-hydrogen) atoms. The van der Waals surface area contributed by atoms with Gasteiger partial charge in [0.15, 0.2) is 6.61 Å². The molecule has 1 atom stereocenters. The molecule has 0 spiro atoms. The fourth-order valence-electron chi connectivity index (χ4n) is 3.30. The average molecular weight is 383 g/mol. The van der Waals surface area contributed by atoms with E-state index in [1.54, 1.807) is 11.9 Å². The summed E-state index contributed by atoms with van der Waals surface area (Å²) in [6.07, 6.45) is 0.529. The van der Waals surface area contributed by atoms with Crippen molar-refractivity contribution in [1.82, 2.24) is 10.2 Å². The third kappa shape index (κ3) is 5.59. The zero-order valence-corrected chi connectivity index (χ0v) is 17.4. The topological polar surface area (TPSA) is 58.6 Å². The third-order valence-corrected chi connectivity index (χ3v) is 4.79. The molecule has 0 aliphatic carbocycles. The molecule has 0 fully saturated rings. The molecule has 5 nitrogen and oxygen atoms in total. The van der Waals surface area contributed by atoms with Crippen molar-refractivity contribution in [3.05, 3.63) is 64.7 Å². The molecule has 0 heterocycles. The Hall–Kier alpha value is -2.82. The van der Waals surface area contributed by atoms with Crippen molar-refractivity contribution in [2.24, 2.45) is 0 Å². The van der Waals surface area contributed by atoms with Crippen molar-refractivity contribution >= 4 is 11.8 Å². The summed E-state index contributed by atoms with van der Waals surface area (Å²) in [7, 11) is 1.59. The maximum Gasteiger partial charge on any atom is 0.261 e. The van der Waals surface area contributed by atoms with Gasteiger partial charge in [-0.1, -0.05) is 37.3 Å². The van der Waals surface area contributed by atoms with Crippen molar-refractivity contribution < 1.29 is 14.3 Å². The normalized spacial score (nSPS) is 11.6. The molecular weight excluding hydrogens is 352 g/mol. The van der Waals surface area contributed by atoms with Gasteiger partial charge in [0.1, 0.15) is 11.8 Å². The van der Waals surface area contributed by atoms with E-state index in [1.807, 2.05) is 64.1 Å². The second kappa shape index (κ2) is 9.93. The summed E-state index contributed by atoms with van der Waals surface area (Å²) in [4.78, 5) is 27.0. The zero-order valence-electron chi connectivity index (χ0n) is 17.4. The van der Waals surface area contributed by atoms with E-state index in [0.717, 1.165) is 22.3 Å². The maximum atomic E-state index is 13.0. The number of carbonyl (C=O) groups excluding carboxylic acids is 2. The van der Waals surface area contributed by atoms with Gasteiger partial charge in [0, 0.05) is 13.6 Å². The molecule has 2 aromatic rings. The number of nitrogens with zero attached hydrogens (tertiary/aromatic N) is 1. The molecule has 0 unspecified atom stereocenters. The van der Waals surface area contributed by atoms with Gasteiger partial charge >= 0.3 is 0 Å². The molecule has 2 aromatic carbocycles. The van der Waals surface area contributed by atoms with E-state index in [9.17, 15) is 9.59 Å². The van der Waals surface area contributed by atoms with Gasteiger partial charge in [-0.3, -0.25) is 9.59 Å². The standard InChI is InChI=1S/C23H30N2O3/c1-6-21(23(27)24-5)25(14-19-10-8-7-9-18(19)4)22(26)15-28-20-12-16(2)11-17(3)13-20/h7-13,21H,6,14-15H2,1-5H3,(H,24,27)/t21-/m1/s1. The first-order valence-electron chi connectivity index (χ1n) is 9.62. The van der Waals surface area contributed by atoms with Gasteiger partial charge in [0.25, 0.3) is 5.91 Å². The van der Waals surface area contributed by atoms with Gasteiger partial charge in [-0.2, -0.15) is 0 Å². The number of hydrogen-bond acceptors (Lipinski definition) is 3. The lowest BCUT2D eigenvalue weighted by Gasteiger charge is -2.30. The quantitative estimate of drug-likeness (QED) is 0.760. The zero-order chi connectivity index (χ0) is 20.7. The molecule has 0 radical (unpaired) electrons. The fraction of sp³-hybridized carbons (Fsp3) is 0.391. The highest BCUT2D eigenvalue weighted by atomic mass is 16.5. The van der Waals surface area contributed by atoms with E-state index >= 15 is 0 Å². The molecule has 150 valence electrons. The van der Waals surface area contributed by atoms with Crippen molar-refractivity contribution in [3.63, 3.8) is 0 Å². The average Bonchev–Trinajstić information content (AvgIpc) is 2.66. The minimum absolute atomic E-state index is 0.109. The van der Waals surface area contributed by atoms with Gasteiger partial charge in [0.2, 0.25) is 5.91 Å². The summed E-state index contributed by atoms with van der Waals surface area (Å²) in [6.45, 7) is 8.15. The van der Waals surface area contributed by atoms with E-state index in [0.29, 0.717) is 18.7 Å². The minimum Gasteiger partial charge on any atom is -0.484 e. The SMILES string of the molecule is CC[C@H](C(=O)NC)N(Cc1ccccc1C)C(=O)COc1cc(C)cc(C)c1. The minimum atomic E-state index is -0.542. The smallest absolute Gasteiger partial charge is 0.261 e. The number of carbonyl (C=O) groups is 2. The molecule has 2 amide bonds.